The Balaban J connectivity index is 1.75. The Hall–Kier alpha value is -2.77. The standard InChI is InChI=1S/C20H25N3O4/c1-22-16-6-4-15(10-17(16)23(2)20(22)25)13-27-18-7-5-14(11-19(18)26-3)12-21-8-9-24/h4-7,10-11,21,24H,8-9,12-13H2,1-3H3. The van der Waals surface area contributed by atoms with E-state index in [-0.39, 0.29) is 12.3 Å². The van der Waals surface area contributed by atoms with Crippen molar-refractivity contribution in [1.82, 2.24) is 14.5 Å². The summed E-state index contributed by atoms with van der Waals surface area (Å²) in [6.07, 6.45) is 0. The van der Waals surface area contributed by atoms with E-state index in [1.807, 2.05) is 36.4 Å². The van der Waals surface area contributed by atoms with E-state index >= 15 is 0 Å². The van der Waals surface area contributed by atoms with Gasteiger partial charge >= 0.3 is 5.69 Å². The van der Waals surface area contributed by atoms with Gasteiger partial charge in [-0.1, -0.05) is 12.1 Å². The van der Waals surface area contributed by atoms with Crippen LogP contribution in [0.5, 0.6) is 11.5 Å². The predicted octanol–water partition coefficient (Wildman–Crippen LogP) is 1.55. The van der Waals surface area contributed by atoms with Crippen LogP contribution in [0.1, 0.15) is 11.1 Å². The van der Waals surface area contributed by atoms with E-state index in [0.29, 0.717) is 31.2 Å². The summed E-state index contributed by atoms with van der Waals surface area (Å²) in [5.74, 6) is 1.32. The second-order valence-electron chi connectivity index (χ2n) is 6.40. The van der Waals surface area contributed by atoms with Gasteiger partial charge < -0.3 is 19.9 Å². The highest BCUT2D eigenvalue weighted by molar-refractivity contribution is 5.76. The zero-order chi connectivity index (χ0) is 19.4. The summed E-state index contributed by atoms with van der Waals surface area (Å²) in [4.78, 5) is 12.0. The normalized spacial score (nSPS) is 11.1. The maximum atomic E-state index is 12.0. The van der Waals surface area contributed by atoms with E-state index in [1.54, 1.807) is 30.3 Å². The highest BCUT2D eigenvalue weighted by atomic mass is 16.5. The average molecular weight is 371 g/mol. The molecule has 0 aliphatic heterocycles. The number of aliphatic hydroxyl groups excluding tert-OH is 1. The summed E-state index contributed by atoms with van der Waals surface area (Å²) in [7, 11) is 5.14. The van der Waals surface area contributed by atoms with Crippen molar-refractivity contribution in [1.29, 1.82) is 0 Å². The van der Waals surface area contributed by atoms with Crippen molar-refractivity contribution in [3.05, 3.63) is 58.0 Å². The minimum absolute atomic E-state index is 0.0462. The van der Waals surface area contributed by atoms with Gasteiger partial charge in [-0.2, -0.15) is 0 Å². The summed E-state index contributed by atoms with van der Waals surface area (Å²) in [5.41, 5.74) is 3.74. The van der Waals surface area contributed by atoms with Crippen LogP contribution in [0, 0.1) is 0 Å². The van der Waals surface area contributed by atoms with E-state index < -0.39 is 0 Å². The van der Waals surface area contributed by atoms with Crippen LogP contribution < -0.4 is 20.5 Å². The molecule has 3 aromatic rings. The van der Waals surface area contributed by atoms with E-state index in [4.69, 9.17) is 14.6 Å². The molecule has 0 aliphatic rings. The zero-order valence-electron chi connectivity index (χ0n) is 15.9. The molecule has 27 heavy (non-hydrogen) atoms. The zero-order valence-corrected chi connectivity index (χ0v) is 15.9. The average Bonchev–Trinajstić information content (AvgIpc) is 2.91. The number of aliphatic hydroxyl groups is 1. The van der Waals surface area contributed by atoms with Gasteiger partial charge in [-0.3, -0.25) is 9.13 Å². The number of imidazole rings is 1. The Kier molecular flexibility index (Phi) is 5.83. The molecule has 0 saturated heterocycles. The highest BCUT2D eigenvalue weighted by Crippen LogP contribution is 2.29. The van der Waals surface area contributed by atoms with Crippen LogP contribution >= 0.6 is 0 Å². The van der Waals surface area contributed by atoms with E-state index in [1.165, 1.54) is 0 Å². The maximum Gasteiger partial charge on any atom is 0.328 e. The first-order chi connectivity index (χ1) is 13.0. The molecule has 0 amide bonds. The van der Waals surface area contributed by atoms with Crippen molar-refractivity contribution < 1.29 is 14.6 Å². The second-order valence-corrected chi connectivity index (χ2v) is 6.40. The molecule has 7 heteroatoms. The fourth-order valence-electron chi connectivity index (χ4n) is 3.06. The van der Waals surface area contributed by atoms with Gasteiger partial charge in [0.25, 0.3) is 0 Å². The van der Waals surface area contributed by atoms with Gasteiger partial charge in [-0.25, -0.2) is 4.79 Å². The van der Waals surface area contributed by atoms with Gasteiger partial charge in [0.2, 0.25) is 0 Å². The highest BCUT2D eigenvalue weighted by Gasteiger charge is 2.10. The number of fused-ring (bicyclic) bond motifs is 1. The van der Waals surface area contributed by atoms with E-state index in [9.17, 15) is 4.79 Å². The molecular weight excluding hydrogens is 346 g/mol. The summed E-state index contributed by atoms with van der Waals surface area (Å²) >= 11 is 0. The summed E-state index contributed by atoms with van der Waals surface area (Å²) < 4.78 is 14.6. The molecule has 144 valence electrons. The van der Waals surface area contributed by atoms with Crippen molar-refractivity contribution in [2.24, 2.45) is 14.1 Å². The third-order valence-corrected chi connectivity index (χ3v) is 4.58. The number of aromatic nitrogens is 2. The lowest BCUT2D eigenvalue weighted by Gasteiger charge is -2.13. The quantitative estimate of drug-likeness (QED) is 0.588. The number of aryl methyl sites for hydroxylation is 2. The third-order valence-electron chi connectivity index (χ3n) is 4.58. The molecule has 0 bridgehead atoms. The monoisotopic (exact) mass is 371 g/mol. The number of benzene rings is 2. The van der Waals surface area contributed by atoms with Crippen molar-refractivity contribution in [3.8, 4) is 11.5 Å². The molecule has 2 N–H and O–H groups in total. The Bertz CT molecular complexity index is 991. The van der Waals surface area contributed by atoms with E-state index in [0.717, 1.165) is 22.2 Å². The van der Waals surface area contributed by atoms with Crippen LogP contribution in [0.4, 0.5) is 0 Å². The molecule has 2 aromatic carbocycles. The van der Waals surface area contributed by atoms with Gasteiger partial charge in [0.15, 0.2) is 11.5 Å². The Morgan fingerprint density at radius 3 is 2.48 bits per heavy atom. The fourth-order valence-corrected chi connectivity index (χ4v) is 3.06. The Morgan fingerprint density at radius 2 is 1.74 bits per heavy atom. The number of hydrogen-bond donors (Lipinski definition) is 2. The first-order valence-corrected chi connectivity index (χ1v) is 8.80. The van der Waals surface area contributed by atoms with Gasteiger partial charge in [-0.05, 0) is 35.4 Å². The molecule has 3 rings (SSSR count). The molecule has 1 aromatic heterocycles. The number of nitrogens with one attached hydrogen (secondary N) is 1. The molecule has 0 atom stereocenters. The number of hydrogen-bond acceptors (Lipinski definition) is 5. The van der Waals surface area contributed by atoms with Gasteiger partial charge in [-0.15, -0.1) is 0 Å². The third kappa shape index (κ3) is 3.99. The van der Waals surface area contributed by atoms with Crippen LogP contribution in [0.15, 0.2) is 41.2 Å². The van der Waals surface area contributed by atoms with Crippen LogP contribution in [0.3, 0.4) is 0 Å². The van der Waals surface area contributed by atoms with Crippen molar-refractivity contribution in [2.45, 2.75) is 13.2 Å². The number of ether oxygens (including phenoxy) is 2. The molecule has 0 fully saturated rings. The lowest BCUT2D eigenvalue weighted by molar-refractivity contribution is 0.284. The lowest BCUT2D eigenvalue weighted by atomic mass is 10.2. The molecule has 0 aliphatic carbocycles. The minimum Gasteiger partial charge on any atom is -0.493 e. The molecule has 0 spiro atoms. The van der Waals surface area contributed by atoms with Crippen molar-refractivity contribution >= 4 is 11.0 Å². The van der Waals surface area contributed by atoms with Crippen molar-refractivity contribution in [3.63, 3.8) is 0 Å². The Morgan fingerprint density at radius 1 is 1.00 bits per heavy atom. The summed E-state index contributed by atoms with van der Waals surface area (Å²) in [6.45, 7) is 1.67. The van der Waals surface area contributed by atoms with Crippen LogP contribution in [-0.2, 0) is 27.2 Å². The molecule has 0 unspecified atom stereocenters. The fraction of sp³-hybridized carbons (Fsp3) is 0.350. The van der Waals surface area contributed by atoms with Crippen LogP contribution in [0.25, 0.3) is 11.0 Å². The second kappa shape index (κ2) is 8.28. The van der Waals surface area contributed by atoms with E-state index in [2.05, 4.69) is 5.32 Å². The molecule has 0 radical (unpaired) electrons. The largest absolute Gasteiger partial charge is 0.493 e. The molecule has 7 nitrogen and oxygen atoms in total. The summed E-state index contributed by atoms with van der Waals surface area (Å²) in [5, 5.41) is 12.0. The van der Waals surface area contributed by atoms with Gasteiger partial charge in [0, 0.05) is 27.2 Å². The Labute approximate surface area is 157 Å². The first kappa shape index (κ1) is 19.0. The van der Waals surface area contributed by atoms with Crippen molar-refractivity contribution in [2.75, 3.05) is 20.3 Å². The molecule has 0 saturated carbocycles. The SMILES string of the molecule is COc1cc(CNCCO)ccc1OCc1ccc2c(c1)n(C)c(=O)n2C. The van der Waals surface area contributed by atoms with Crippen LogP contribution in [0.2, 0.25) is 0 Å². The lowest BCUT2D eigenvalue weighted by Crippen LogP contribution is -2.19. The molecular formula is C20H25N3O4. The molecule has 1 heterocycles. The van der Waals surface area contributed by atoms with Gasteiger partial charge in [0.05, 0.1) is 24.8 Å². The van der Waals surface area contributed by atoms with Gasteiger partial charge in [0.1, 0.15) is 6.61 Å². The number of rotatable bonds is 8. The topological polar surface area (TPSA) is 77.7 Å². The minimum atomic E-state index is -0.0462. The summed E-state index contributed by atoms with van der Waals surface area (Å²) in [6, 6.07) is 11.6. The first-order valence-electron chi connectivity index (χ1n) is 8.80. The number of nitrogens with zero attached hydrogens (tertiary/aromatic N) is 2. The maximum absolute atomic E-state index is 12.0. The predicted molar refractivity (Wildman–Crippen MR) is 104 cm³/mol. The smallest absolute Gasteiger partial charge is 0.328 e. The van der Waals surface area contributed by atoms with Crippen LogP contribution in [-0.4, -0.2) is 34.5 Å². The number of methoxy groups -OCH3 is 1.